The first-order chi connectivity index (χ1) is 11.1. The van der Waals surface area contributed by atoms with Gasteiger partial charge in [0.1, 0.15) is 0 Å². The monoisotopic (exact) mass is 323 g/mol. The van der Waals surface area contributed by atoms with Crippen molar-refractivity contribution >= 4 is 12.3 Å². The first-order valence-electron chi connectivity index (χ1n) is 7.43. The van der Waals surface area contributed by atoms with Gasteiger partial charge in [-0.1, -0.05) is 30.3 Å². The Kier molecular flexibility index (Phi) is 6.22. The van der Waals surface area contributed by atoms with Gasteiger partial charge in [-0.25, -0.2) is 14.5 Å². The Morgan fingerprint density at radius 3 is 2.00 bits per heavy atom. The third-order valence-corrected chi connectivity index (χ3v) is 3.65. The maximum absolute atomic E-state index is 11.5. The van der Waals surface area contributed by atoms with Crippen LogP contribution in [0.3, 0.4) is 0 Å². The summed E-state index contributed by atoms with van der Waals surface area (Å²) in [4.78, 5) is 24.7. The molecule has 2 atom stereocenters. The zero-order chi connectivity index (χ0) is 16.7. The summed E-state index contributed by atoms with van der Waals surface area (Å²) in [6, 6.07) is 9.68. The van der Waals surface area contributed by atoms with Crippen LogP contribution in [0.25, 0.3) is 0 Å². The van der Waals surface area contributed by atoms with Crippen molar-refractivity contribution in [2.45, 2.75) is 38.3 Å². The van der Waals surface area contributed by atoms with Crippen LogP contribution >= 0.6 is 0 Å². The first-order valence-corrected chi connectivity index (χ1v) is 7.43. The molecule has 7 nitrogen and oxygen atoms in total. The van der Waals surface area contributed by atoms with Crippen molar-refractivity contribution in [3.8, 4) is 0 Å². The summed E-state index contributed by atoms with van der Waals surface area (Å²) in [5.41, 5.74) is 1.02. The average Bonchev–Trinajstić information content (AvgIpc) is 2.58. The number of methoxy groups -OCH3 is 2. The fourth-order valence-corrected chi connectivity index (χ4v) is 2.55. The SMILES string of the molecule is COC(=O)O[C@H]1CCC[C@@H](OC(=O)OC)N1Cc1ccccc1. The average molecular weight is 323 g/mol. The zero-order valence-corrected chi connectivity index (χ0v) is 13.3. The van der Waals surface area contributed by atoms with Crippen molar-refractivity contribution in [3.05, 3.63) is 35.9 Å². The van der Waals surface area contributed by atoms with E-state index in [9.17, 15) is 9.59 Å². The van der Waals surface area contributed by atoms with E-state index in [4.69, 9.17) is 9.47 Å². The molecule has 0 N–H and O–H groups in total. The second kappa shape index (κ2) is 8.38. The van der Waals surface area contributed by atoms with Crippen LogP contribution in [-0.4, -0.2) is 43.9 Å². The van der Waals surface area contributed by atoms with Crippen molar-refractivity contribution in [1.82, 2.24) is 4.90 Å². The number of benzene rings is 1. The third-order valence-electron chi connectivity index (χ3n) is 3.65. The van der Waals surface area contributed by atoms with Crippen LogP contribution in [0.15, 0.2) is 30.3 Å². The quantitative estimate of drug-likeness (QED) is 0.789. The van der Waals surface area contributed by atoms with E-state index in [0.29, 0.717) is 19.4 Å². The van der Waals surface area contributed by atoms with Crippen molar-refractivity contribution in [3.63, 3.8) is 0 Å². The van der Waals surface area contributed by atoms with Crippen LogP contribution in [0.1, 0.15) is 24.8 Å². The lowest BCUT2D eigenvalue weighted by atomic mass is 10.1. The van der Waals surface area contributed by atoms with Crippen LogP contribution in [0.2, 0.25) is 0 Å². The second-order valence-electron chi connectivity index (χ2n) is 5.14. The van der Waals surface area contributed by atoms with Gasteiger partial charge in [0.25, 0.3) is 0 Å². The van der Waals surface area contributed by atoms with Crippen LogP contribution in [0.5, 0.6) is 0 Å². The van der Waals surface area contributed by atoms with Crippen LogP contribution in [-0.2, 0) is 25.5 Å². The van der Waals surface area contributed by atoms with E-state index < -0.39 is 24.8 Å². The molecule has 126 valence electrons. The number of hydrogen-bond acceptors (Lipinski definition) is 7. The summed E-state index contributed by atoms with van der Waals surface area (Å²) in [6.07, 6.45) is -0.517. The maximum atomic E-state index is 11.5. The molecule has 0 aromatic heterocycles. The van der Waals surface area contributed by atoms with Crippen LogP contribution in [0.4, 0.5) is 9.59 Å². The normalized spacial score (nSPS) is 21.3. The van der Waals surface area contributed by atoms with E-state index in [0.717, 1.165) is 12.0 Å². The predicted octanol–water partition coefficient (Wildman–Crippen LogP) is 2.89. The Hall–Kier alpha value is -2.28. The van der Waals surface area contributed by atoms with Gasteiger partial charge >= 0.3 is 12.3 Å². The fourth-order valence-electron chi connectivity index (χ4n) is 2.55. The molecule has 0 amide bonds. The van der Waals surface area contributed by atoms with Crippen molar-refractivity contribution < 1.29 is 28.5 Å². The van der Waals surface area contributed by atoms with Gasteiger partial charge in [-0.3, -0.25) is 0 Å². The predicted molar refractivity (Wildman–Crippen MR) is 80.4 cm³/mol. The molecule has 7 heteroatoms. The van der Waals surface area contributed by atoms with Gasteiger partial charge < -0.3 is 18.9 Å². The van der Waals surface area contributed by atoms with Gasteiger partial charge in [-0.15, -0.1) is 0 Å². The largest absolute Gasteiger partial charge is 0.509 e. The Balaban J connectivity index is 2.15. The minimum atomic E-state index is -0.758. The molecule has 1 aliphatic heterocycles. The molecule has 2 rings (SSSR count). The molecule has 0 saturated carbocycles. The number of hydrogen-bond donors (Lipinski definition) is 0. The summed E-state index contributed by atoms with van der Waals surface area (Å²) in [7, 11) is 2.52. The molecule has 1 heterocycles. The minimum absolute atomic E-state index is 0.476. The standard InChI is InChI=1S/C16H21NO6/c1-20-15(18)22-13-9-6-10-14(23-16(19)21-2)17(13)11-12-7-4-3-5-8-12/h3-5,7-8,13-14H,6,9-11H2,1-2H3/t13-,14+. The minimum Gasteiger partial charge on any atom is -0.438 e. The summed E-state index contributed by atoms with van der Waals surface area (Å²) in [5, 5.41) is 0. The van der Waals surface area contributed by atoms with Gasteiger partial charge in [0.2, 0.25) is 0 Å². The molecule has 1 aromatic carbocycles. The van der Waals surface area contributed by atoms with Gasteiger partial charge in [0.15, 0.2) is 12.5 Å². The lowest BCUT2D eigenvalue weighted by molar-refractivity contribution is -0.154. The first kappa shape index (κ1) is 17.1. The summed E-state index contributed by atoms with van der Waals surface area (Å²) >= 11 is 0. The van der Waals surface area contributed by atoms with Crippen LogP contribution in [0, 0.1) is 0 Å². The number of piperidine rings is 1. The fraction of sp³-hybridized carbons (Fsp3) is 0.500. The van der Waals surface area contributed by atoms with Gasteiger partial charge in [0.05, 0.1) is 14.2 Å². The number of ether oxygens (including phenoxy) is 4. The third kappa shape index (κ3) is 4.85. The Labute approximate surface area is 135 Å². The lowest BCUT2D eigenvalue weighted by Gasteiger charge is -2.39. The number of nitrogens with zero attached hydrogens (tertiary/aromatic N) is 1. The van der Waals surface area contributed by atoms with Gasteiger partial charge in [-0.05, 0) is 24.8 Å². The molecular formula is C16H21NO6. The highest BCUT2D eigenvalue weighted by atomic mass is 16.7. The van der Waals surface area contributed by atoms with E-state index in [1.165, 1.54) is 14.2 Å². The maximum Gasteiger partial charge on any atom is 0.509 e. The Morgan fingerprint density at radius 2 is 1.52 bits per heavy atom. The van der Waals surface area contributed by atoms with Gasteiger partial charge in [0, 0.05) is 6.54 Å². The highest BCUT2D eigenvalue weighted by Gasteiger charge is 2.36. The molecule has 1 aromatic rings. The van der Waals surface area contributed by atoms with Crippen molar-refractivity contribution in [2.75, 3.05) is 14.2 Å². The summed E-state index contributed by atoms with van der Waals surface area (Å²) in [6.45, 7) is 0.476. The Morgan fingerprint density at radius 1 is 1.00 bits per heavy atom. The molecule has 0 radical (unpaired) electrons. The van der Waals surface area contributed by atoms with E-state index in [1.54, 1.807) is 0 Å². The topological polar surface area (TPSA) is 74.3 Å². The molecule has 0 bridgehead atoms. The molecule has 0 unspecified atom stereocenters. The molecule has 1 fully saturated rings. The highest BCUT2D eigenvalue weighted by molar-refractivity contribution is 5.60. The van der Waals surface area contributed by atoms with E-state index >= 15 is 0 Å². The van der Waals surface area contributed by atoms with Crippen LogP contribution < -0.4 is 0 Å². The molecule has 23 heavy (non-hydrogen) atoms. The highest BCUT2D eigenvalue weighted by Crippen LogP contribution is 2.27. The summed E-state index contributed by atoms with van der Waals surface area (Å²) in [5.74, 6) is 0. The number of rotatable bonds is 4. The number of carbonyl (C=O) groups is 2. The molecule has 0 spiro atoms. The van der Waals surface area contributed by atoms with E-state index in [2.05, 4.69) is 9.47 Å². The van der Waals surface area contributed by atoms with Crippen molar-refractivity contribution in [1.29, 1.82) is 0 Å². The Bertz CT molecular complexity index is 495. The molecule has 0 aliphatic carbocycles. The smallest absolute Gasteiger partial charge is 0.438 e. The van der Waals surface area contributed by atoms with E-state index in [-0.39, 0.29) is 0 Å². The molecular weight excluding hydrogens is 302 g/mol. The van der Waals surface area contributed by atoms with E-state index in [1.807, 2.05) is 35.2 Å². The number of carbonyl (C=O) groups excluding carboxylic acids is 2. The molecule has 1 saturated heterocycles. The molecule has 1 aliphatic rings. The number of likely N-dealkylation sites (tertiary alicyclic amines) is 1. The second-order valence-corrected chi connectivity index (χ2v) is 5.14. The summed E-state index contributed by atoms with van der Waals surface area (Å²) < 4.78 is 19.7. The van der Waals surface area contributed by atoms with Crippen molar-refractivity contribution in [2.24, 2.45) is 0 Å². The zero-order valence-electron chi connectivity index (χ0n) is 13.3. The lowest BCUT2D eigenvalue weighted by Crippen LogP contribution is -2.50. The van der Waals surface area contributed by atoms with Gasteiger partial charge in [-0.2, -0.15) is 0 Å².